The Morgan fingerprint density at radius 2 is 1.77 bits per heavy atom. The van der Waals surface area contributed by atoms with Gasteiger partial charge >= 0.3 is 12.1 Å². The van der Waals surface area contributed by atoms with Crippen molar-refractivity contribution in [2.24, 2.45) is 5.92 Å². The molecule has 0 unspecified atom stereocenters. The molecule has 0 radical (unpaired) electrons. The summed E-state index contributed by atoms with van der Waals surface area (Å²) in [5, 5.41) is 0.344. The van der Waals surface area contributed by atoms with E-state index in [0.717, 1.165) is 25.7 Å². The Morgan fingerprint density at radius 1 is 1.08 bits per heavy atom. The number of benzene rings is 2. The van der Waals surface area contributed by atoms with E-state index >= 15 is 0 Å². The molecule has 140 valence electrons. The Balaban J connectivity index is 2.02. The van der Waals surface area contributed by atoms with Gasteiger partial charge in [-0.05, 0) is 60.6 Å². The van der Waals surface area contributed by atoms with Crippen LogP contribution in [0.25, 0.3) is 10.8 Å². The van der Waals surface area contributed by atoms with Crippen molar-refractivity contribution >= 4 is 16.7 Å². The molecule has 0 bridgehead atoms. The van der Waals surface area contributed by atoms with Crippen molar-refractivity contribution < 1.29 is 27.4 Å². The lowest BCUT2D eigenvalue weighted by atomic mass is 9.89. The van der Waals surface area contributed by atoms with Crippen LogP contribution in [0.4, 0.5) is 13.2 Å². The molecule has 0 aromatic heterocycles. The van der Waals surface area contributed by atoms with E-state index in [1.807, 2.05) is 0 Å². The normalized spacial score (nSPS) is 20.8. The molecule has 3 nitrogen and oxygen atoms in total. The fraction of sp³-hybridized carbons (Fsp3) is 0.450. The van der Waals surface area contributed by atoms with Crippen molar-refractivity contribution in [3.63, 3.8) is 0 Å². The molecular formula is C20H21F3O3. The minimum Gasteiger partial charge on any atom is -0.490 e. The number of carbonyl (C=O) groups excluding carboxylic acids is 1. The van der Waals surface area contributed by atoms with Crippen LogP contribution in [0.3, 0.4) is 0 Å². The van der Waals surface area contributed by atoms with Crippen LogP contribution in [0, 0.1) is 5.92 Å². The maximum Gasteiger partial charge on any atom is 0.420 e. The van der Waals surface area contributed by atoms with Crippen LogP contribution in [0.15, 0.2) is 30.3 Å². The molecule has 0 saturated heterocycles. The topological polar surface area (TPSA) is 35.5 Å². The van der Waals surface area contributed by atoms with E-state index in [4.69, 9.17) is 4.74 Å². The molecule has 3 rings (SSSR count). The van der Waals surface area contributed by atoms with Gasteiger partial charge in [0.2, 0.25) is 0 Å². The Kier molecular flexibility index (Phi) is 5.12. The van der Waals surface area contributed by atoms with Gasteiger partial charge in [-0.15, -0.1) is 0 Å². The Labute approximate surface area is 150 Å². The van der Waals surface area contributed by atoms with Gasteiger partial charge in [-0.1, -0.05) is 19.1 Å². The largest absolute Gasteiger partial charge is 0.490 e. The third-order valence-corrected chi connectivity index (χ3v) is 4.94. The average molecular weight is 366 g/mol. The second-order valence-electron chi connectivity index (χ2n) is 6.86. The van der Waals surface area contributed by atoms with Gasteiger partial charge in [0.05, 0.1) is 18.8 Å². The van der Waals surface area contributed by atoms with E-state index in [9.17, 15) is 18.0 Å². The van der Waals surface area contributed by atoms with Gasteiger partial charge in [-0.2, -0.15) is 13.2 Å². The summed E-state index contributed by atoms with van der Waals surface area (Å²) in [6, 6.07) is 6.96. The molecule has 1 saturated carbocycles. The maximum absolute atomic E-state index is 13.7. The number of methoxy groups -OCH3 is 1. The summed E-state index contributed by atoms with van der Waals surface area (Å²) in [4.78, 5) is 11.6. The third-order valence-electron chi connectivity index (χ3n) is 4.94. The molecule has 0 aliphatic heterocycles. The van der Waals surface area contributed by atoms with Gasteiger partial charge in [0.15, 0.2) is 0 Å². The summed E-state index contributed by atoms with van der Waals surface area (Å²) in [5.74, 6) is -0.141. The van der Waals surface area contributed by atoms with E-state index in [0.29, 0.717) is 11.3 Å². The lowest BCUT2D eigenvalue weighted by Crippen LogP contribution is -2.24. The Morgan fingerprint density at radius 3 is 2.38 bits per heavy atom. The number of alkyl halides is 3. The molecule has 1 aliphatic rings. The zero-order chi connectivity index (χ0) is 18.9. The quantitative estimate of drug-likeness (QED) is 0.663. The van der Waals surface area contributed by atoms with Gasteiger partial charge in [-0.3, -0.25) is 0 Å². The second-order valence-corrected chi connectivity index (χ2v) is 6.86. The molecule has 0 spiro atoms. The number of fused-ring (bicyclic) bond motifs is 1. The molecule has 6 heteroatoms. The lowest BCUT2D eigenvalue weighted by Gasteiger charge is -2.28. The number of hydrogen-bond donors (Lipinski definition) is 0. The third kappa shape index (κ3) is 3.79. The van der Waals surface area contributed by atoms with E-state index in [1.165, 1.54) is 31.4 Å². The highest BCUT2D eigenvalue weighted by Gasteiger charge is 2.37. The summed E-state index contributed by atoms with van der Waals surface area (Å²) in [7, 11) is 1.23. The fourth-order valence-electron chi connectivity index (χ4n) is 3.47. The number of ether oxygens (including phenoxy) is 2. The summed E-state index contributed by atoms with van der Waals surface area (Å²) in [5.41, 5.74) is -0.576. The van der Waals surface area contributed by atoms with Crippen molar-refractivity contribution in [3.8, 4) is 5.75 Å². The number of carbonyl (C=O) groups is 1. The van der Waals surface area contributed by atoms with Gasteiger partial charge in [-0.25, -0.2) is 4.79 Å². The van der Waals surface area contributed by atoms with Crippen LogP contribution in [0.5, 0.6) is 5.75 Å². The summed E-state index contributed by atoms with van der Waals surface area (Å²) in [6.45, 7) is 2.15. The molecule has 1 aliphatic carbocycles. The summed E-state index contributed by atoms with van der Waals surface area (Å²) >= 11 is 0. The molecular weight excluding hydrogens is 345 g/mol. The van der Waals surface area contributed by atoms with Crippen molar-refractivity contribution in [2.75, 3.05) is 7.11 Å². The van der Waals surface area contributed by atoms with Crippen LogP contribution in [-0.4, -0.2) is 19.2 Å². The lowest BCUT2D eigenvalue weighted by molar-refractivity contribution is -0.138. The van der Waals surface area contributed by atoms with E-state index < -0.39 is 17.7 Å². The predicted molar refractivity (Wildman–Crippen MR) is 92.3 cm³/mol. The van der Waals surface area contributed by atoms with Gasteiger partial charge in [0.25, 0.3) is 0 Å². The molecule has 1 fully saturated rings. The van der Waals surface area contributed by atoms with E-state index in [1.54, 1.807) is 6.07 Å². The molecule has 0 heterocycles. The zero-order valence-corrected chi connectivity index (χ0v) is 14.7. The van der Waals surface area contributed by atoms with Crippen molar-refractivity contribution in [1.82, 2.24) is 0 Å². The van der Waals surface area contributed by atoms with Gasteiger partial charge in [0, 0.05) is 0 Å². The van der Waals surface area contributed by atoms with Crippen molar-refractivity contribution in [1.29, 1.82) is 0 Å². The molecule has 2 aromatic rings. The SMILES string of the molecule is COC(=O)c1ccc2c(C(F)(F)F)c(OC3CCC(C)CC3)ccc2c1. The van der Waals surface area contributed by atoms with Crippen LogP contribution < -0.4 is 4.74 Å². The Hall–Kier alpha value is -2.24. The zero-order valence-electron chi connectivity index (χ0n) is 14.7. The number of rotatable bonds is 3. The van der Waals surface area contributed by atoms with Crippen LogP contribution in [0.2, 0.25) is 0 Å². The molecule has 2 aromatic carbocycles. The minimum atomic E-state index is -4.55. The first-order chi connectivity index (χ1) is 12.3. The van der Waals surface area contributed by atoms with E-state index in [2.05, 4.69) is 11.7 Å². The van der Waals surface area contributed by atoms with Crippen LogP contribution >= 0.6 is 0 Å². The molecule has 26 heavy (non-hydrogen) atoms. The predicted octanol–water partition coefficient (Wildman–Crippen LogP) is 5.60. The Bertz CT molecular complexity index is 806. The summed E-state index contributed by atoms with van der Waals surface area (Å²) in [6.07, 6.45) is -1.30. The molecule has 0 atom stereocenters. The van der Waals surface area contributed by atoms with Crippen LogP contribution in [0.1, 0.15) is 48.5 Å². The number of halogens is 3. The highest BCUT2D eigenvalue weighted by molar-refractivity contribution is 5.97. The van der Waals surface area contributed by atoms with E-state index in [-0.39, 0.29) is 22.8 Å². The highest BCUT2D eigenvalue weighted by Crippen LogP contribution is 2.42. The monoisotopic (exact) mass is 366 g/mol. The fourth-order valence-corrected chi connectivity index (χ4v) is 3.47. The smallest absolute Gasteiger partial charge is 0.420 e. The van der Waals surface area contributed by atoms with Gasteiger partial charge in [0.1, 0.15) is 11.3 Å². The first-order valence-electron chi connectivity index (χ1n) is 8.68. The first kappa shape index (κ1) is 18.5. The standard InChI is InChI=1S/C20H21F3O3/c1-12-3-7-15(8-4-12)26-17-10-6-13-11-14(19(24)25-2)5-9-16(13)18(17)20(21,22)23/h5-6,9-12,15H,3-4,7-8H2,1-2H3. The van der Waals surface area contributed by atoms with Crippen LogP contribution in [-0.2, 0) is 10.9 Å². The average Bonchev–Trinajstić information content (AvgIpc) is 2.61. The summed E-state index contributed by atoms with van der Waals surface area (Å²) < 4.78 is 51.6. The minimum absolute atomic E-state index is 0.0202. The van der Waals surface area contributed by atoms with Crippen molar-refractivity contribution in [3.05, 3.63) is 41.5 Å². The van der Waals surface area contributed by atoms with Crippen molar-refractivity contribution in [2.45, 2.75) is 44.9 Å². The van der Waals surface area contributed by atoms with Gasteiger partial charge < -0.3 is 9.47 Å². The molecule has 0 N–H and O–H groups in total. The molecule has 0 amide bonds. The number of hydrogen-bond acceptors (Lipinski definition) is 3. The second kappa shape index (κ2) is 7.17. The maximum atomic E-state index is 13.7. The first-order valence-corrected chi connectivity index (χ1v) is 8.68. The number of esters is 1. The highest BCUT2D eigenvalue weighted by atomic mass is 19.4.